The first-order valence-electron chi connectivity index (χ1n) is 7.28. The molecule has 4 heteroatoms. The molecule has 0 aromatic heterocycles. The van der Waals surface area contributed by atoms with Crippen molar-refractivity contribution in [3.8, 4) is 0 Å². The van der Waals surface area contributed by atoms with Gasteiger partial charge in [0.2, 0.25) is 0 Å². The number of anilines is 1. The Balaban J connectivity index is 2.09. The van der Waals surface area contributed by atoms with Crippen LogP contribution >= 0.6 is 11.6 Å². The Morgan fingerprint density at radius 3 is 2.75 bits per heavy atom. The summed E-state index contributed by atoms with van der Waals surface area (Å²) in [5, 5.41) is 4.23. The van der Waals surface area contributed by atoms with Gasteiger partial charge in [0.1, 0.15) is 0 Å². The third-order valence-electron chi connectivity index (χ3n) is 3.49. The van der Waals surface area contributed by atoms with Gasteiger partial charge >= 0.3 is 0 Å². The molecule has 1 aromatic carbocycles. The number of ether oxygens (including phenoxy) is 1. The molecule has 1 saturated heterocycles. The third-order valence-corrected chi connectivity index (χ3v) is 3.80. The van der Waals surface area contributed by atoms with Gasteiger partial charge in [0.15, 0.2) is 0 Å². The number of rotatable bonds is 4. The van der Waals surface area contributed by atoms with Gasteiger partial charge in [0.05, 0.1) is 22.9 Å². The summed E-state index contributed by atoms with van der Waals surface area (Å²) in [7, 11) is 0. The molecule has 1 aliphatic rings. The van der Waals surface area contributed by atoms with E-state index in [4.69, 9.17) is 16.3 Å². The van der Waals surface area contributed by atoms with Crippen LogP contribution in [0, 0.1) is 0 Å². The summed E-state index contributed by atoms with van der Waals surface area (Å²) in [4.78, 5) is 2.31. The van der Waals surface area contributed by atoms with Gasteiger partial charge in [-0.1, -0.05) is 31.5 Å². The fourth-order valence-electron chi connectivity index (χ4n) is 2.46. The lowest BCUT2D eigenvalue weighted by atomic mass is 10.1. The monoisotopic (exact) mass is 296 g/mol. The highest BCUT2D eigenvalue weighted by molar-refractivity contribution is 6.33. The van der Waals surface area contributed by atoms with Crippen LogP contribution in [0.3, 0.4) is 0 Å². The van der Waals surface area contributed by atoms with Crippen LogP contribution in [0.25, 0.3) is 0 Å². The summed E-state index contributed by atoms with van der Waals surface area (Å²) in [6.07, 6.45) is 0. The van der Waals surface area contributed by atoms with E-state index in [1.807, 2.05) is 0 Å². The zero-order valence-corrected chi connectivity index (χ0v) is 13.6. The highest BCUT2D eigenvalue weighted by Crippen LogP contribution is 2.30. The molecule has 0 atom stereocenters. The average Bonchev–Trinajstić information content (AvgIpc) is 2.35. The SMILES string of the molecule is CC(C)NCc1ccc(N2CCOC(C)(C)C2)c(Cl)c1. The first kappa shape index (κ1) is 15.6. The quantitative estimate of drug-likeness (QED) is 0.921. The minimum absolute atomic E-state index is 0.112. The predicted molar refractivity (Wildman–Crippen MR) is 85.7 cm³/mol. The predicted octanol–water partition coefficient (Wildman–Crippen LogP) is 3.45. The van der Waals surface area contributed by atoms with E-state index < -0.39 is 0 Å². The maximum atomic E-state index is 6.46. The van der Waals surface area contributed by atoms with Crippen LogP contribution in [0.4, 0.5) is 5.69 Å². The number of benzene rings is 1. The number of nitrogens with zero attached hydrogens (tertiary/aromatic N) is 1. The molecule has 1 aliphatic heterocycles. The molecule has 3 nitrogen and oxygen atoms in total. The molecule has 2 rings (SSSR count). The van der Waals surface area contributed by atoms with Crippen LogP contribution in [-0.2, 0) is 11.3 Å². The lowest BCUT2D eigenvalue weighted by Gasteiger charge is -2.39. The molecule has 0 amide bonds. The van der Waals surface area contributed by atoms with Crippen LogP contribution in [-0.4, -0.2) is 31.3 Å². The van der Waals surface area contributed by atoms with Crippen LogP contribution in [0.1, 0.15) is 33.3 Å². The standard InChI is InChI=1S/C16H25ClN2O/c1-12(2)18-10-13-5-6-15(14(17)9-13)19-7-8-20-16(3,4)11-19/h5-6,9,12,18H,7-8,10-11H2,1-4H3. The first-order valence-corrected chi connectivity index (χ1v) is 7.66. The first-order chi connectivity index (χ1) is 9.37. The third kappa shape index (κ3) is 4.11. The molecule has 0 radical (unpaired) electrons. The zero-order chi connectivity index (χ0) is 14.8. The second-order valence-corrected chi connectivity index (χ2v) is 6.76. The smallest absolute Gasteiger partial charge is 0.0801 e. The van der Waals surface area contributed by atoms with Crippen molar-refractivity contribution in [2.24, 2.45) is 0 Å². The lowest BCUT2D eigenvalue weighted by Crippen LogP contribution is -2.48. The van der Waals surface area contributed by atoms with E-state index >= 15 is 0 Å². The molecule has 20 heavy (non-hydrogen) atoms. The topological polar surface area (TPSA) is 24.5 Å². The number of morpholine rings is 1. The highest BCUT2D eigenvalue weighted by atomic mass is 35.5. The van der Waals surface area contributed by atoms with Gasteiger partial charge in [-0.2, -0.15) is 0 Å². The lowest BCUT2D eigenvalue weighted by molar-refractivity contribution is -0.0276. The zero-order valence-electron chi connectivity index (χ0n) is 12.9. The Kier molecular flexibility index (Phi) is 4.95. The van der Waals surface area contributed by atoms with Crippen molar-refractivity contribution in [2.45, 2.75) is 45.9 Å². The average molecular weight is 297 g/mol. The maximum absolute atomic E-state index is 6.46. The highest BCUT2D eigenvalue weighted by Gasteiger charge is 2.28. The van der Waals surface area contributed by atoms with Crippen LogP contribution in [0.15, 0.2) is 18.2 Å². The van der Waals surface area contributed by atoms with Gasteiger partial charge in [-0.3, -0.25) is 0 Å². The second-order valence-electron chi connectivity index (χ2n) is 6.35. The minimum atomic E-state index is -0.112. The summed E-state index contributed by atoms with van der Waals surface area (Å²) < 4.78 is 5.75. The molecule has 0 aliphatic carbocycles. The number of halogens is 1. The van der Waals surface area contributed by atoms with Gasteiger partial charge in [0, 0.05) is 25.7 Å². The van der Waals surface area contributed by atoms with Crippen LogP contribution in [0.2, 0.25) is 5.02 Å². The van der Waals surface area contributed by atoms with Gasteiger partial charge in [-0.05, 0) is 31.5 Å². The number of hydrogen-bond donors (Lipinski definition) is 1. The summed E-state index contributed by atoms with van der Waals surface area (Å²) in [5.74, 6) is 0. The van der Waals surface area contributed by atoms with Crippen molar-refractivity contribution in [1.29, 1.82) is 0 Å². The van der Waals surface area contributed by atoms with Gasteiger partial charge < -0.3 is 15.0 Å². The van der Waals surface area contributed by atoms with Crippen molar-refractivity contribution in [3.05, 3.63) is 28.8 Å². The molecule has 1 N–H and O–H groups in total. The Hall–Kier alpha value is -0.770. The minimum Gasteiger partial charge on any atom is -0.372 e. The van der Waals surface area contributed by atoms with E-state index in [-0.39, 0.29) is 5.60 Å². The summed E-state index contributed by atoms with van der Waals surface area (Å²) in [5.41, 5.74) is 2.22. The van der Waals surface area contributed by atoms with Crippen LogP contribution < -0.4 is 10.2 Å². The molecule has 0 unspecified atom stereocenters. The molecule has 1 fully saturated rings. The van der Waals surface area contributed by atoms with Gasteiger partial charge in [-0.15, -0.1) is 0 Å². The van der Waals surface area contributed by atoms with Gasteiger partial charge in [0.25, 0.3) is 0 Å². The van der Waals surface area contributed by atoms with Crippen molar-refractivity contribution in [1.82, 2.24) is 5.32 Å². The second kappa shape index (κ2) is 6.33. The van der Waals surface area contributed by atoms with Crippen molar-refractivity contribution >= 4 is 17.3 Å². The fraction of sp³-hybridized carbons (Fsp3) is 0.625. The molecule has 112 valence electrons. The summed E-state index contributed by atoms with van der Waals surface area (Å²) in [6, 6.07) is 6.82. The maximum Gasteiger partial charge on any atom is 0.0801 e. The van der Waals surface area contributed by atoms with E-state index in [2.05, 4.69) is 56.1 Å². The van der Waals surface area contributed by atoms with Crippen molar-refractivity contribution in [3.63, 3.8) is 0 Å². The summed E-state index contributed by atoms with van der Waals surface area (Å²) in [6.45, 7) is 11.9. The molecular formula is C16H25ClN2O. The molecular weight excluding hydrogens is 272 g/mol. The van der Waals surface area contributed by atoms with E-state index in [9.17, 15) is 0 Å². The Morgan fingerprint density at radius 2 is 2.15 bits per heavy atom. The number of nitrogens with one attached hydrogen (secondary N) is 1. The molecule has 0 spiro atoms. The summed E-state index contributed by atoms with van der Waals surface area (Å²) >= 11 is 6.46. The van der Waals surface area contributed by atoms with E-state index in [0.717, 1.165) is 37.0 Å². The van der Waals surface area contributed by atoms with Crippen molar-refractivity contribution < 1.29 is 4.74 Å². The molecule has 0 saturated carbocycles. The van der Waals surface area contributed by atoms with Gasteiger partial charge in [-0.25, -0.2) is 0 Å². The normalized spacial score (nSPS) is 18.6. The largest absolute Gasteiger partial charge is 0.372 e. The van der Waals surface area contributed by atoms with E-state index in [0.29, 0.717) is 6.04 Å². The fourth-order valence-corrected chi connectivity index (χ4v) is 2.78. The molecule has 0 bridgehead atoms. The Morgan fingerprint density at radius 1 is 1.40 bits per heavy atom. The van der Waals surface area contributed by atoms with E-state index in [1.54, 1.807) is 0 Å². The Bertz CT molecular complexity index is 460. The molecule has 1 aromatic rings. The van der Waals surface area contributed by atoms with E-state index in [1.165, 1.54) is 5.56 Å². The number of hydrogen-bond acceptors (Lipinski definition) is 3. The Labute approximate surface area is 127 Å². The molecule has 1 heterocycles. The van der Waals surface area contributed by atoms with Crippen LogP contribution in [0.5, 0.6) is 0 Å². The van der Waals surface area contributed by atoms with Crippen molar-refractivity contribution in [2.75, 3.05) is 24.6 Å².